The summed E-state index contributed by atoms with van der Waals surface area (Å²) in [4.78, 5) is 0. The quantitative estimate of drug-likeness (QED) is 0.735. The van der Waals surface area contributed by atoms with Crippen LogP contribution in [0.5, 0.6) is 0 Å². The van der Waals surface area contributed by atoms with Crippen molar-refractivity contribution in [1.29, 1.82) is 0 Å². The molecule has 5 rings (SSSR count). The lowest BCUT2D eigenvalue weighted by Gasteiger charge is -2.30. The Morgan fingerprint density at radius 2 is 1.78 bits per heavy atom. The zero-order valence-electron chi connectivity index (χ0n) is 13.6. The summed E-state index contributed by atoms with van der Waals surface area (Å²) in [6, 6.07) is 4.53. The minimum absolute atomic E-state index is 0.0393. The number of fused-ring (bicyclic) bond motifs is 6. The number of aryl methyl sites for hydroxylation is 4. The van der Waals surface area contributed by atoms with Gasteiger partial charge in [0.25, 0.3) is 0 Å². The molecule has 23 heavy (non-hydrogen) atoms. The van der Waals surface area contributed by atoms with Crippen LogP contribution in [0.2, 0.25) is 0 Å². The first-order chi connectivity index (χ1) is 11.1. The first-order valence-corrected chi connectivity index (χ1v) is 8.68. The van der Waals surface area contributed by atoms with E-state index in [2.05, 4.69) is 26.0 Å². The van der Waals surface area contributed by atoms with E-state index in [0.29, 0.717) is 0 Å². The summed E-state index contributed by atoms with van der Waals surface area (Å²) >= 11 is 0. The van der Waals surface area contributed by atoms with Gasteiger partial charge in [0, 0.05) is 0 Å². The molecular weight excluding hydrogens is 288 g/mol. The molecule has 2 aromatic carbocycles. The van der Waals surface area contributed by atoms with Crippen LogP contribution >= 0.6 is 0 Å². The van der Waals surface area contributed by atoms with Crippen molar-refractivity contribution in [3.63, 3.8) is 0 Å². The molecule has 3 aliphatic rings. The maximum absolute atomic E-state index is 10.7. The van der Waals surface area contributed by atoms with E-state index < -0.39 is 12.2 Å². The standard InChI is InChI=1S/C20H22O3/c1-9-12-8-7-11-5-3-4-6-13(11)14(12)10(2)15-16(9)19-20(23-19)18(22)17(15)21/h7-8,17-22H,3-6H2,1-2H3. The van der Waals surface area contributed by atoms with Gasteiger partial charge in [-0.15, -0.1) is 0 Å². The van der Waals surface area contributed by atoms with Gasteiger partial charge in [-0.05, 0) is 83.7 Å². The third-order valence-corrected chi connectivity index (χ3v) is 6.18. The van der Waals surface area contributed by atoms with Gasteiger partial charge in [-0.2, -0.15) is 0 Å². The first-order valence-electron chi connectivity index (χ1n) is 8.68. The first kappa shape index (κ1) is 14.0. The van der Waals surface area contributed by atoms with Crippen molar-refractivity contribution in [3.8, 4) is 0 Å². The van der Waals surface area contributed by atoms with Crippen molar-refractivity contribution in [3.05, 3.63) is 45.5 Å². The maximum Gasteiger partial charge on any atom is 0.118 e. The van der Waals surface area contributed by atoms with Crippen LogP contribution in [0.25, 0.3) is 10.8 Å². The molecule has 1 aliphatic heterocycles. The van der Waals surface area contributed by atoms with Gasteiger partial charge in [-0.3, -0.25) is 0 Å². The van der Waals surface area contributed by atoms with Crippen LogP contribution in [0, 0.1) is 13.8 Å². The summed E-state index contributed by atoms with van der Waals surface area (Å²) in [5.74, 6) is 0. The Morgan fingerprint density at radius 1 is 1.00 bits per heavy atom. The number of rotatable bonds is 0. The van der Waals surface area contributed by atoms with Crippen molar-refractivity contribution in [2.24, 2.45) is 0 Å². The van der Waals surface area contributed by atoms with Crippen molar-refractivity contribution < 1.29 is 14.9 Å². The van der Waals surface area contributed by atoms with Gasteiger partial charge >= 0.3 is 0 Å². The second-order valence-electron chi connectivity index (χ2n) is 7.37. The molecule has 3 heteroatoms. The van der Waals surface area contributed by atoms with Crippen LogP contribution < -0.4 is 0 Å². The third-order valence-electron chi connectivity index (χ3n) is 6.18. The number of aliphatic hydroxyl groups is 2. The minimum Gasteiger partial charge on any atom is -0.387 e. The highest BCUT2D eigenvalue weighted by Gasteiger charge is 2.55. The van der Waals surface area contributed by atoms with Gasteiger partial charge in [0.1, 0.15) is 24.4 Å². The Morgan fingerprint density at radius 3 is 2.61 bits per heavy atom. The zero-order chi connectivity index (χ0) is 15.9. The fraction of sp³-hybridized carbons (Fsp3) is 0.500. The molecule has 0 radical (unpaired) electrons. The van der Waals surface area contributed by atoms with Gasteiger partial charge in [0.2, 0.25) is 0 Å². The number of benzene rings is 2. The fourth-order valence-electron chi connectivity index (χ4n) is 4.97. The summed E-state index contributed by atoms with van der Waals surface area (Å²) in [6.45, 7) is 4.24. The van der Waals surface area contributed by atoms with E-state index in [-0.39, 0.29) is 12.2 Å². The Balaban J connectivity index is 1.89. The summed E-state index contributed by atoms with van der Waals surface area (Å²) < 4.78 is 5.67. The lowest BCUT2D eigenvalue weighted by molar-refractivity contribution is -0.000301. The molecule has 0 saturated carbocycles. The van der Waals surface area contributed by atoms with Crippen LogP contribution in [0.4, 0.5) is 0 Å². The van der Waals surface area contributed by atoms with E-state index in [1.54, 1.807) is 0 Å². The van der Waals surface area contributed by atoms with E-state index in [1.165, 1.54) is 40.3 Å². The van der Waals surface area contributed by atoms with Gasteiger partial charge in [-0.25, -0.2) is 0 Å². The van der Waals surface area contributed by atoms with Crippen LogP contribution in [0.1, 0.15) is 58.4 Å². The Hall–Kier alpha value is -1.42. The van der Waals surface area contributed by atoms with Crippen molar-refractivity contribution in [2.75, 3.05) is 0 Å². The normalized spacial score (nSPS) is 31.5. The molecule has 4 atom stereocenters. The average molecular weight is 310 g/mol. The second kappa shape index (κ2) is 4.56. The van der Waals surface area contributed by atoms with Gasteiger partial charge in [0.15, 0.2) is 0 Å². The molecule has 120 valence electrons. The molecule has 0 aromatic heterocycles. The topological polar surface area (TPSA) is 53.0 Å². The highest BCUT2D eigenvalue weighted by Crippen LogP contribution is 2.54. The summed E-state index contributed by atoms with van der Waals surface area (Å²) in [5.41, 5.74) is 7.30. The van der Waals surface area contributed by atoms with E-state index >= 15 is 0 Å². The Kier molecular flexibility index (Phi) is 2.77. The molecule has 2 aromatic rings. The molecule has 1 heterocycles. The van der Waals surface area contributed by atoms with E-state index in [4.69, 9.17) is 4.74 Å². The maximum atomic E-state index is 10.7. The summed E-state index contributed by atoms with van der Waals surface area (Å²) in [6.07, 6.45) is 2.86. The van der Waals surface area contributed by atoms with Gasteiger partial charge < -0.3 is 14.9 Å². The van der Waals surface area contributed by atoms with Crippen LogP contribution in [0.3, 0.4) is 0 Å². The van der Waals surface area contributed by atoms with E-state index in [1.807, 2.05) is 0 Å². The van der Waals surface area contributed by atoms with Gasteiger partial charge in [-0.1, -0.05) is 12.1 Å². The lowest BCUT2D eigenvalue weighted by Crippen LogP contribution is -2.30. The molecule has 4 unspecified atom stereocenters. The van der Waals surface area contributed by atoms with Crippen molar-refractivity contribution >= 4 is 10.8 Å². The fourth-order valence-corrected chi connectivity index (χ4v) is 4.97. The second-order valence-corrected chi connectivity index (χ2v) is 7.37. The predicted molar refractivity (Wildman–Crippen MR) is 88.6 cm³/mol. The van der Waals surface area contributed by atoms with Crippen molar-refractivity contribution in [2.45, 2.75) is 63.9 Å². The number of aliphatic hydroxyl groups excluding tert-OH is 2. The molecule has 2 N–H and O–H groups in total. The van der Waals surface area contributed by atoms with E-state index in [0.717, 1.165) is 29.5 Å². The Labute approximate surface area is 135 Å². The monoisotopic (exact) mass is 310 g/mol. The van der Waals surface area contributed by atoms with E-state index in [9.17, 15) is 10.2 Å². The SMILES string of the molecule is Cc1c2c(c(C)c3c4c(ccc13)CCCC4)C(O)C(O)C1OC21. The van der Waals surface area contributed by atoms with Gasteiger partial charge in [0.05, 0.1) is 0 Å². The molecular formula is C20H22O3. The molecule has 1 fully saturated rings. The smallest absolute Gasteiger partial charge is 0.118 e. The number of hydrogen-bond acceptors (Lipinski definition) is 3. The van der Waals surface area contributed by atoms with Crippen LogP contribution in [-0.2, 0) is 17.6 Å². The zero-order valence-corrected chi connectivity index (χ0v) is 13.6. The molecule has 0 bridgehead atoms. The molecule has 3 nitrogen and oxygen atoms in total. The number of ether oxygens (including phenoxy) is 1. The molecule has 1 saturated heterocycles. The highest BCUT2D eigenvalue weighted by atomic mass is 16.6. The Bertz CT molecular complexity index is 839. The third kappa shape index (κ3) is 1.70. The predicted octanol–water partition coefficient (Wildman–Crippen LogP) is 3.18. The lowest BCUT2D eigenvalue weighted by atomic mass is 9.77. The molecule has 0 spiro atoms. The summed E-state index contributed by atoms with van der Waals surface area (Å²) in [7, 11) is 0. The molecule has 2 aliphatic carbocycles. The summed E-state index contributed by atoms with van der Waals surface area (Å²) in [5, 5.41) is 23.6. The van der Waals surface area contributed by atoms with Crippen molar-refractivity contribution in [1.82, 2.24) is 0 Å². The van der Waals surface area contributed by atoms with Crippen LogP contribution in [-0.4, -0.2) is 22.4 Å². The largest absolute Gasteiger partial charge is 0.387 e. The average Bonchev–Trinajstić information content (AvgIpc) is 3.35. The number of hydrogen-bond donors (Lipinski definition) is 2. The van der Waals surface area contributed by atoms with Crippen LogP contribution in [0.15, 0.2) is 12.1 Å². The minimum atomic E-state index is -0.837. The highest BCUT2D eigenvalue weighted by molar-refractivity contribution is 5.95. The molecule has 0 amide bonds. The number of epoxide rings is 1.